The maximum absolute atomic E-state index is 13.6. The van der Waals surface area contributed by atoms with Gasteiger partial charge in [-0.2, -0.15) is 0 Å². The number of nitrogens with two attached hydrogens (primary N) is 1. The second kappa shape index (κ2) is 3.10. The van der Waals surface area contributed by atoms with Crippen LogP contribution in [0.15, 0.2) is 16.5 Å². The predicted molar refractivity (Wildman–Crippen MR) is 53.5 cm³/mol. The first-order valence-electron chi connectivity index (χ1n) is 4.52. The van der Waals surface area contributed by atoms with Crippen molar-refractivity contribution in [3.63, 3.8) is 0 Å². The molecule has 0 bridgehead atoms. The monoisotopic (exact) mass is 193 g/mol. The quantitative estimate of drug-likeness (QED) is 0.756. The highest BCUT2D eigenvalue weighted by Gasteiger charge is 2.13. The van der Waals surface area contributed by atoms with Crippen LogP contribution in [-0.4, -0.2) is 0 Å². The van der Waals surface area contributed by atoms with Gasteiger partial charge in [-0.15, -0.1) is 0 Å². The van der Waals surface area contributed by atoms with Gasteiger partial charge in [0.2, 0.25) is 0 Å². The number of hydrogen-bond donors (Lipinski definition) is 1. The number of aryl methyl sites for hydroxylation is 2. The average Bonchev–Trinajstić information content (AvgIpc) is 2.50. The number of fused-ring (bicyclic) bond motifs is 1. The molecular weight excluding hydrogens is 181 g/mol. The van der Waals surface area contributed by atoms with Gasteiger partial charge in [0.05, 0.1) is 6.54 Å². The van der Waals surface area contributed by atoms with Gasteiger partial charge in [0.15, 0.2) is 11.4 Å². The first kappa shape index (κ1) is 9.21. The van der Waals surface area contributed by atoms with Crippen molar-refractivity contribution in [3.05, 3.63) is 34.8 Å². The second-order valence-corrected chi connectivity index (χ2v) is 3.43. The summed E-state index contributed by atoms with van der Waals surface area (Å²) in [5.41, 5.74) is 7.33. The lowest BCUT2D eigenvalue weighted by Gasteiger charge is -1.95. The lowest BCUT2D eigenvalue weighted by atomic mass is 10.1. The largest absolute Gasteiger partial charge is 0.456 e. The number of furan rings is 1. The zero-order valence-corrected chi connectivity index (χ0v) is 8.23. The summed E-state index contributed by atoms with van der Waals surface area (Å²) in [6.07, 6.45) is 0. The van der Waals surface area contributed by atoms with Gasteiger partial charge in [-0.05, 0) is 25.0 Å². The molecule has 74 valence electrons. The van der Waals surface area contributed by atoms with E-state index in [4.69, 9.17) is 10.2 Å². The highest BCUT2D eigenvalue weighted by atomic mass is 19.1. The fourth-order valence-corrected chi connectivity index (χ4v) is 1.59. The molecule has 0 fully saturated rings. The Morgan fingerprint density at radius 2 is 2.07 bits per heavy atom. The normalized spacial score (nSPS) is 11.1. The molecule has 0 spiro atoms. The van der Waals surface area contributed by atoms with Crippen molar-refractivity contribution in [3.8, 4) is 0 Å². The molecule has 3 heteroatoms. The molecule has 0 amide bonds. The Balaban J connectivity index is 2.85. The van der Waals surface area contributed by atoms with E-state index in [0.717, 1.165) is 10.9 Å². The summed E-state index contributed by atoms with van der Waals surface area (Å²) in [5, 5.41) is 0.813. The van der Waals surface area contributed by atoms with Crippen molar-refractivity contribution in [2.75, 3.05) is 0 Å². The van der Waals surface area contributed by atoms with Gasteiger partial charge >= 0.3 is 0 Å². The molecule has 1 aromatic carbocycles. The van der Waals surface area contributed by atoms with E-state index in [9.17, 15) is 4.39 Å². The van der Waals surface area contributed by atoms with Crippen LogP contribution < -0.4 is 5.73 Å². The van der Waals surface area contributed by atoms with Gasteiger partial charge in [0.1, 0.15) is 5.76 Å². The molecule has 0 aliphatic carbocycles. The molecule has 1 heterocycles. The van der Waals surface area contributed by atoms with Crippen LogP contribution in [0.2, 0.25) is 0 Å². The van der Waals surface area contributed by atoms with E-state index in [2.05, 4.69) is 0 Å². The van der Waals surface area contributed by atoms with Gasteiger partial charge in [-0.25, -0.2) is 4.39 Å². The fraction of sp³-hybridized carbons (Fsp3) is 0.273. The molecule has 2 nitrogen and oxygen atoms in total. The fourth-order valence-electron chi connectivity index (χ4n) is 1.59. The van der Waals surface area contributed by atoms with E-state index in [1.54, 1.807) is 13.0 Å². The van der Waals surface area contributed by atoms with Crippen LogP contribution in [0.5, 0.6) is 0 Å². The molecule has 14 heavy (non-hydrogen) atoms. The van der Waals surface area contributed by atoms with Crippen molar-refractivity contribution in [1.29, 1.82) is 0 Å². The van der Waals surface area contributed by atoms with E-state index in [0.29, 0.717) is 23.5 Å². The third kappa shape index (κ3) is 1.13. The molecule has 0 saturated heterocycles. The Bertz CT molecular complexity index is 487. The average molecular weight is 193 g/mol. The molecule has 0 aliphatic rings. The number of rotatable bonds is 1. The van der Waals surface area contributed by atoms with Crippen LogP contribution in [0, 0.1) is 19.7 Å². The van der Waals surface area contributed by atoms with Gasteiger partial charge < -0.3 is 10.2 Å². The summed E-state index contributed by atoms with van der Waals surface area (Å²) >= 11 is 0. The van der Waals surface area contributed by atoms with Crippen LogP contribution in [0.3, 0.4) is 0 Å². The molecule has 0 atom stereocenters. The number of benzene rings is 1. The van der Waals surface area contributed by atoms with Gasteiger partial charge in [-0.3, -0.25) is 0 Å². The molecule has 1 aromatic heterocycles. The maximum atomic E-state index is 13.6. The molecular formula is C11H12FNO. The number of halogens is 1. The van der Waals surface area contributed by atoms with Crippen LogP contribution >= 0.6 is 0 Å². The molecule has 0 saturated carbocycles. The van der Waals surface area contributed by atoms with Crippen LogP contribution in [0.1, 0.15) is 16.9 Å². The summed E-state index contributed by atoms with van der Waals surface area (Å²) in [6, 6.07) is 3.62. The third-order valence-corrected chi connectivity index (χ3v) is 2.52. The lowest BCUT2D eigenvalue weighted by Crippen LogP contribution is -1.95. The van der Waals surface area contributed by atoms with E-state index < -0.39 is 0 Å². The summed E-state index contributed by atoms with van der Waals surface area (Å²) in [5.74, 6) is 0.370. The highest BCUT2D eigenvalue weighted by molar-refractivity contribution is 5.83. The highest BCUT2D eigenvalue weighted by Crippen LogP contribution is 2.28. The summed E-state index contributed by atoms with van der Waals surface area (Å²) in [7, 11) is 0. The molecule has 2 aromatic rings. The van der Waals surface area contributed by atoms with E-state index in [1.807, 2.05) is 13.0 Å². The third-order valence-electron chi connectivity index (χ3n) is 2.52. The molecule has 0 unspecified atom stereocenters. The van der Waals surface area contributed by atoms with Crippen molar-refractivity contribution in [2.24, 2.45) is 5.73 Å². The van der Waals surface area contributed by atoms with Crippen LogP contribution in [-0.2, 0) is 6.54 Å². The SMILES string of the molecule is Cc1ccc2c(C)c(CN)oc2c1F. The zero-order valence-electron chi connectivity index (χ0n) is 8.23. The molecule has 2 rings (SSSR count). The van der Waals surface area contributed by atoms with Crippen molar-refractivity contribution < 1.29 is 8.81 Å². The first-order chi connectivity index (χ1) is 6.65. The standard InChI is InChI=1S/C11H12FNO/c1-6-3-4-8-7(2)9(5-13)14-11(8)10(6)12/h3-4H,5,13H2,1-2H3. The van der Waals surface area contributed by atoms with E-state index >= 15 is 0 Å². The minimum atomic E-state index is -0.287. The minimum Gasteiger partial charge on any atom is -0.456 e. The van der Waals surface area contributed by atoms with Gasteiger partial charge in [0, 0.05) is 5.39 Å². The smallest absolute Gasteiger partial charge is 0.170 e. The van der Waals surface area contributed by atoms with Gasteiger partial charge in [-0.1, -0.05) is 12.1 Å². The molecule has 0 aliphatic heterocycles. The summed E-state index contributed by atoms with van der Waals surface area (Å²) < 4.78 is 19.0. The maximum Gasteiger partial charge on any atom is 0.170 e. The molecule has 2 N–H and O–H groups in total. The van der Waals surface area contributed by atoms with E-state index in [1.165, 1.54) is 0 Å². The van der Waals surface area contributed by atoms with Gasteiger partial charge in [0.25, 0.3) is 0 Å². The zero-order chi connectivity index (χ0) is 10.3. The minimum absolute atomic E-state index is 0.287. The van der Waals surface area contributed by atoms with Crippen molar-refractivity contribution >= 4 is 11.0 Å². The first-order valence-corrected chi connectivity index (χ1v) is 4.52. The predicted octanol–water partition coefficient (Wildman–Crippen LogP) is 2.65. The Labute approximate surface area is 81.5 Å². The Morgan fingerprint density at radius 3 is 2.71 bits per heavy atom. The summed E-state index contributed by atoms with van der Waals surface area (Å²) in [4.78, 5) is 0. The second-order valence-electron chi connectivity index (χ2n) is 3.43. The summed E-state index contributed by atoms with van der Waals surface area (Å²) in [6.45, 7) is 3.91. The topological polar surface area (TPSA) is 39.2 Å². The Morgan fingerprint density at radius 1 is 1.36 bits per heavy atom. The van der Waals surface area contributed by atoms with Crippen molar-refractivity contribution in [2.45, 2.75) is 20.4 Å². The van der Waals surface area contributed by atoms with E-state index in [-0.39, 0.29) is 5.82 Å². The van der Waals surface area contributed by atoms with Crippen molar-refractivity contribution in [1.82, 2.24) is 0 Å². The molecule has 0 radical (unpaired) electrons. The lowest BCUT2D eigenvalue weighted by molar-refractivity contribution is 0.517. The van der Waals surface area contributed by atoms with Crippen LogP contribution in [0.4, 0.5) is 4.39 Å². The number of hydrogen-bond acceptors (Lipinski definition) is 2. The Hall–Kier alpha value is -1.35. The van der Waals surface area contributed by atoms with Crippen LogP contribution in [0.25, 0.3) is 11.0 Å². The Kier molecular flexibility index (Phi) is 2.04.